The van der Waals surface area contributed by atoms with E-state index in [0.29, 0.717) is 12.2 Å². The molecule has 2 heterocycles. The zero-order valence-corrected chi connectivity index (χ0v) is 17.5. The van der Waals surface area contributed by atoms with Crippen LogP contribution in [0.3, 0.4) is 0 Å². The van der Waals surface area contributed by atoms with E-state index in [2.05, 4.69) is 5.40 Å². The van der Waals surface area contributed by atoms with Crippen LogP contribution in [-0.2, 0) is 14.3 Å². The molecule has 2 aliphatic heterocycles. The number of nitriles is 1. The Hall–Kier alpha value is -2.43. The minimum atomic E-state index is -0.700. The number of thiocyanates is 1. The van der Waals surface area contributed by atoms with Gasteiger partial charge in [0.1, 0.15) is 11.4 Å². The molecule has 1 amide bonds. The number of fused-ring (bicyclic) bond motifs is 1. The molecule has 0 N–H and O–H groups in total. The predicted octanol–water partition coefficient (Wildman–Crippen LogP) is 3.97. The molecule has 3 atom stereocenters. The van der Waals surface area contributed by atoms with Crippen molar-refractivity contribution in [2.45, 2.75) is 35.6 Å². The Labute approximate surface area is 178 Å². The van der Waals surface area contributed by atoms with Crippen molar-refractivity contribution >= 4 is 35.4 Å². The van der Waals surface area contributed by atoms with Crippen LogP contribution >= 0.6 is 23.5 Å². The summed E-state index contributed by atoms with van der Waals surface area (Å²) in [4.78, 5) is 27.3. The molecular formula is C22H20N2O3S2. The fraction of sp³-hybridized carbons (Fsp3) is 0.318. The summed E-state index contributed by atoms with van der Waals surface area (Å²) in [7, 11) is 0. The molecule has 148 valence electrons. The predicted molar refractivity (Wildman–Crippen MR) is 114 cm³/mol. The van der Waals surface area contributed by atoms with Crippen molar-refractivity contribution in [1.29, 1.82) is 5.26 Å². The summed E-state index contributed by atoms with van der Waals surface area (Å²) in [6.07, 6.45) is -0.125. The van der Waals surface area contributed by atoms with Crippen LogP contribution < -0.4 is 0 Å². The summed E-state index contributed by atoms with van der Waals surface area (Å²) in [5.74, 6) is -0.00635. The van der Waals surface area contributed by atoms with E-state index in [0.717, 1.165) is 22.9 Å². The van der Waals surface area contributed by atoms with Crippen LogP contribution in [0.1, 0.15) is 30.6 Å². The van der Waals surface area contributed by atoms with Gasteiger partial charge in [0.2, 0.25) is 5.91 Å². The highest BCUT2D eigenvalue weighted by atomic mass is 32.2. The van der Waals surface area contributed by atoms with Crippen molar-refractivity contribution in [1.82, 2.24) is 4.90 Å². The second kappa shape index (κ2) is 8.13. The Kier molecular flexibility index (Phi) is 5.57. The quantitative estimate of drug-likeness (QED) is 0.397. The first-order chi connectivity index (χ1) is 14.0. The number of ether oxygens (including phenoxy) is 1. The minimum Gasteiger partial charge on any atom is -0.451 e. The highest BCUT2D eigenvalue weighted by molar-refractivity contribution is 8.06. The van der Waals surface area contributed by atoms with Crippen molar-refractivity contribution in [3.63, 3.8) is 0 Å². The van der Waals surface area contributed by atoms with Gasteiger partial charge in [-0.25, -0.2) is 4.79 Å². The first-order valence-corrected chi connectivity index (χ1v) is 11.2. The first-order valence-electron chi connectivity index (χ1n) is 9.34. The van der Waals surface area contributed by atoms with Crippen molar-refractivity contribution in [2.24, 2.45) is 0 Å². The molecule has 2 fully saturated rings. The molecule has 5 nitrogen and oxygen atoms in total. The number of hydrogen-bond donors (Lipinski definition) is 0. The lowest BCUT2D eigenvalue weighted by atomic mass is 9.97. The molecule has 4 rings (SSSR count). The largest absolute Gasteiger partial charge is 0.451 e. The number of benzene rings is 2. The lowest BCUT2D eigenvalue weighted by molar-refractivity contribution is -0.164. The molecule has 0 radical (unpaired) electrons. The summed E-state index contributed by atoms with van der Waals surface area (Å²) in [5.41, 5.74) is 1.74. The van der Waals surface area contributed by atoms with Gasteiger partial charge in [0.05, 0.1) is 16.5 Å². The number of esters is 1. The topological polar surface area (TPSA) is 70.4 Å². The number of thioether (sulfide) groups is 2. The van der Waals surface area contributed by atoms with E-state index in [1.165, 1.54) is 0 Å². The highest BCUT2D eigenvalue weighted by Crippen LogP contribution is 2.52. The third-order valence-electron chi connectivity index (χ3n) is 5.29. The van der Waals surface area contributed by atoms with E-state index in [-0.39, 0.29) is 11.3 Å². The van der Waals surface area contributed by atoms with Gasteiger partial charge in [0, 0.05) is 5.75 Å². The van der Waals surface area contributed by atoms with Crippen molar-refractivity contribution in [3.8, 4) is 5.40 Å². The standard InChI is InChI=1S/C22H20N2O3S2/c1-22(13-28-14-23)20(24-17(25)12-18(24)29-22)21(26)27-19(15-8-4-2-5-9-15)16-10-6-3-7-11-16/h2-11,18-20H,12-13H2,1H3/t18-,20+,22+/m1/s1. The number of hydrogen-bond acceptors (Lipinski definition) is 6. The Morgan fingerprint density at radius 2 is 1.83 bits per heavy atom. The van der Waals surface area contributed by atoms with Crippen molar-refractivity contribution < 1.29 is 14.3 Å². The van der Waals surface area contributed by atoms with Crippen LogP contribution in [0.25, 0.3) is 0 Å². The van der Waals surface area contributed by atoms with E-state index in [9.17, 15) is 9.59 Å². The zero-order valence-electron chi connectivity index (χ0n) is 15.9. The summed E-state index contributed by atoms with van der Waals surface area (Å²) >= 11 is 2.70. The molecule has 2 aromatic carbocycles. The maximum atomic E-state index is 13.4. The third-order valence-corrected chi connectivity index (χ3v) is 7.92. The molecule has 0 bridgehead atoms. The molecule has 0 aromatic heterocycles. The van der Waals surface area contributed by atoms with Gasteiger partial charge in [-0.3, -0.25) is 4.79 Å². The van der Waals surface area contributed by atoms with Gasteiger partial charge in [-0.15, -0.1) is 11.8 Å². The monoisotopic (exact) mass is 424 g/mol. The molecule has 0 spiro atoms. The zero-order chi connectivity index (χ0) is 20.4. The minimum absolute atomic E-state index is 0.0174. The van der Waals surface area contributed by atoms with Crippen molar-refractivity contribution in [3.05, 3.63) is 71.8 Å². The van der Waals surface area contributed by atoms with E-state index in [4.69, 9.17) is 10.00 Å². The summed E-state index contributed by atoms with van der Waals surface area (Å²) in [5, 5.41) is 11.1. The molecule has 7 heteroatoms. The molecule has 2 aromatic rings. The highest BCUT2D eigenvalue weighted by Gasteiger charge is 2.61. The average molecular weight is 425 g/mol. The molecule has 0 saturated carbocycles. The van der Waals surface area contributed by atoms with Crippen LogP contribution in [0.2, 0.25) is 0 Å². The van der Waals surface area contributed by atoms with Gasteiger partial charge in [0.25, 0.3) is 0 Å². The molecule has 0 aliphatic carbocycles. The SMILES string of the molecule is C[C@@]1(CSC#N)S[C@@H]2CC(=O)N2[C@H]1C(=O)OC(c1ccccc1)c1ccccc1. The summed E-state index contributed by atoms with van der Waals surface area (Å²) < 4.78 is 5.48. The molecule has 0 unspecified atom stereocenters. The average Bonchev–Trinajstić information content (AvgIpc) is 2.99. The first kappa shape index (κ1) is 19.9. The fourth-order valence-corrected chi connectivity index (χ4v) is 6.39. The van der Waals surface area contributed by atoms with E-state index in [1.54, 1.807) is 16.7 Å². The van der Waals surface area contributed by atoms with Gasteiger partial charge in [-0.05, 0) is 29.8 Å². The van der Waals surface area contributed by atoms with E-state index in [1.807, 2.05) is 67.6 Å². The second-order valence-corrected chi connectivity index (χ2v) is 9.78. The molecule has 2 saturated heterocycles. The number of β-lactam (4-membered cyclic amide) rings is 1. The van der Waals surface area contributed by atoms with Crippen LogP contribution in [0, 0.1) is 10.7 Å². The third kappa shape index (κ3) is 3.75. The molecule has 29 heavy (non-hydrogen) atoms. The maximum absolute atomic E-state index is 13.4. The maximum Gasteiger partial charge on any atom is 0.331 e. The van der Waals surface area contributed by atoms with Gasteiger partial charge < -0.3 is 9.64 Å². The lowest BCUT2D eigenvalue weighted by Gasteiger charge is -2.38. The van der Waals surface area contributed by atoms with Gasteiger partial charge in [-0.1, -0.05) is 60.7 Å². The van der Waals surface area contributed by atoms with E-state index < -0.39 is 22.9 Å². The Morgan fingerprint density at radius 3 is 2.34 bits per heavy atom. The van der Waals surface area contributed by atoms with Gasteiger partial charge in [-0.2, -0.15) is 5.26 Å². The van der Waals surface area contributed by atoms with Gasteiger partial charge in [0.15, 0.2) is 6.10 Å². The Balaban J connectivity index is 1.64. The Bertz CT molecular complexity index is 908. The summed E-state index contributed by atoms with van der Waals surface area (Å²) in [6, 6.07) is 18.5. The van der Waals surface area contributed by atoms with Crippen LogP contribution in [0.15, 0.2) is 60.7 Å². The van der Waals surface area contributed by atoms with Crippen LogP contribution in [0.4, 0.5) is 0 Å². The number of carbonyl (C=O) groups is 2. The number of carbonyl (C=O) groups excluding carboxylic acids is 2. The van der Waals surface area contributed by atoms with Gasteiger partial charge >= 0.3 is 5.97 Å². The number of amides is 1. The normalized spacial score (nSPS) is 25.3. The van der Waals surface area contributed by atoms with Crippen LogP contribution in [0.5, 0.6) is 0 Å². The number of nitrogens with zero attached hydrogens (tertiary/aromatic N) is 2. The smallest absolute Gasteiger partial charge is 0.331 e. The second-order valence-electron chi connectivity index (χ2n) is 7.31. The van der Waals surface area contributed by atoms with Crippen LogP contribution in [-0.4, -0.2) is 38.7 Å². The van der Waals surface area contributed by atoms with Crippen molar-refractivity contribution in [2.75, 3.05) is 5.75 Å². The summed E-state index contributed by atoms with van der Waals surface area (Å²) in [6.45, 7) is 1.94. The molecule has 2 aliphatic rings. The number of rotatable bonds is 6. The fourth-order valence-electron chi connectivity index (χ4n) is 3.90. The Morgan fingerprint density at radius 1 is 1.24 bits per heavy atom. The lowest BCUT2D eigenvalue weighted by Crippen LogP contribution is -2.58. The van der Waals surface area contributed by atoms with E-state index >= 15 is 0 Å². The molecular weight excluding hydrogens is 404 g/mol.